The Kier molecular flexibility index (Phi) is 4.12. The molecule has 7 nitrogen and oxygen atoms in total. The molecule has 4 rings (SSSR count). The van der Waals surface area contributed by atoms with Crippen molar-refractivity contribution in [2.45, 2.75) is 26.2 Å². The van der Waals surface area contributed by atoms with Crippen LogP contribution < -0.4 is 10.1 Å². The Morgan fingerprint density at radius 2 is 2.15 bits per heavy atom. The Hall–Kier alpha value is -3.22. The van der Waals surface area contributed by atoms with Crippen LogP contribution in [0.1, 0.15) is 33.6 Å². The lowest BCUT2D eigenvalue weighted by atomic mass is 10.0. The maximum absolute atomic E-state index is 12.9. The number of amides is 1. The van der Waals surface area contributed by atoms with Crippen molar-refractivity contribution in [2.24, 2.45) is 0 Å². The van der Waals surface area contributed by atoms with Gasteiger partial charge in [0.05, 0.1) is 30.3 Å². The molecule has 3 heterocycles. The predicted octanol–water partition coefficient (Wildman–Crippen LogP) is 2.92. The van der Waals surface area contributed by atoms with E-state index in [4.69, 9.17) is 4.74 Å². The van der Waals surface area contributed by atoms with Gasteiger partial charge in [-0.2, -0.15) is 0 Å². The van der Waals surface area contributed by atoms with Crippen molar-refractivity contribution >= 4 is 11.6 Å². The van der Waals surface area contributed by atoms with E-state index in [1.807, 2.05) is 13.1 Å². The molecule has 0 spiro atoms. The summed E-state index contributed by atoms with van der Waals surface area (Å²) in [7, 11) is 1.56. The molecule has 0 fully saturated rings. The van der Waals surface area contributed by atoms with E-state index >= 15 is 0 Å². The fourth-order valence-electron chi connectivity index (χ4n) is 3.30. The average molecular weight is 349 g/mol. The van der Waals surface area contributed by atoms with Crippen molar-refractivity contribution in [2.75, 3.05) is 12.4 Å². The second kappa shape index (κ2) is 6.59. The van der Waals surface area contributed by atoms with Gasteiger partial charge in [-0.05, 0) is 37.3 Å². The fraction of sp³-hybridized carbons (Fsp3) is 0.263. The summed E-state index contributed by atoms with van der Waals surface area (Å²) in [6, 6.07) is 1.79. The number of H-pyrrole nitrogens is 1. The molecule has 0 bridgehead atoms. The molecule has 0 radical (unpaired) electrons. The molecule has 0 unspecified atom stereocenters. The number of nitrogens with one attached hydrogen (secondary N) is 2. The van der Waals surface area contributed by atoms with E-state index in [0.29, 0.717) is 17.1 Å². The van der Waals surface area contributed by atoms with Crippen LogP contribution in [0.2, 0.25) is 0 Å². The summed E-state index contributed by atoms with van der Waals surface area (Å²) in [5.41, 5.74) is 5.94. The number of aromatic nitrogens is 4. The number of ether oxygens (including phenoxy) is 1. The fourth-order valence-corrected chi connectivity index (χ4v) is 3.30. The lowest BCUT2D eigenvalue weighted by Gasteiger charge is -2.10. The van der Waals surface area contributed by atoms with Crippen LogP contribution in [-0.2, 0) is 12.8 Å². The number of rotatable bonds is 3. The molecule has 1 aliphatic rings. The molecule has 0 aliphatic heterocycles. The van der Waals surface area contributed by atoms with Crippen LogP contribution in [0.5, 0.6) is 5.88 Å². The second-order valence-electron chi connectivity index (χ2n) is 6.30. The minimum absolute atomic E-state index is 0.191. The van der Waals surface area contributed by atoms with Gasteiger partial charge in [0.15, 0.2) is 0 Å². The molecular weight excluding hydrogens is 330 g/mol. The molecule has 0 saturated heterocycles. The lowest BCUT2D eigenvalue weighted by molar-refractivity contribution is 0.102. The molecule has 0 aromatic carbocycles. The van der Waals surface area contributed by atoms with Crippen LogP contribution in [0.3, 0.4) is 0 Å². The van der Waals surface area contributed by atoms with Crippen LogP contribution in [-0.4, -0.2) is 33.0 Å². The Morgan fingerprint density at radius 1 is 1.27 bits per heavy atom. The quantitative estimate of drug-likeness (QED) is 0.758. The maximum atomic E-state index is 12.9. The monoisotopic (exact) mass is 349 g/mol. The number of aryl methyl sites for hydroxylation is 3. The standard InChI is InChI=1S/C19H19N5O2/c1-11-6-16(26-2)22-9-15(11)24-19(25)13-8-21-14-5-3-4-12-7-20-10-23-18(12)17(13)14/h6-10,21H,3-5H2,1-2H3,(H,24,25). The number of fused-ring (bicyclic) bond motifs is 3. The normalized spacial score (nSPS) is 12.7. The molecule has 3 aromatic heterocycles. The topological polar surface area (TPSA) is 92.8 Å². The Morgan fingerprint density at radius 3 is 2.96 bits per heavy atom. The molecule has 7 heteroatoms. The van der Waals surface area contributed by atoms with Gasteiger partial charge in [0.1, 0.15) is 6.33 Å². The highest BCUT2D eigenvalue weighted by atomic mass is 16.5. The van der Waals surface area contributed by atoms with Crippen molar-refractivity contribution in [3.63, 3.8) is 0 Å². The first kappa shape index (κ1) is 16.3. The van der Waals surface area contributed by atoms with E-state index in [1.165, 1.54) is 6.33 Å². The van der Waals surface area contributed by atoms with E-state index in [0.717, 1.165) is 47.3 Å². The highest BCUT2D eigenvalue weighted by Gasteiger charge is 2.24. The number of hydrogen-bond acceptors (Lipinski definition) is 5. The number of aromatic amines is 1. The van der Waals surface area contributed by atoms with E-state index in [9.17, 15) is 4.79 Å². The third-order valence-corrected chi connectivity index (χ3v) is 4.65. The molecule has 0 saturated carbocycles. The summed E-state index contributed by atoms with van der Waals surface area (Å²) in [4.78, 5) is 28.9. The third-order valence-electron chi connectivity index (χ3n) is 4.65. The second-order valence-corrected chi connectivity index (χ2v) is 6.30. The molecule has 3 aromatic rings. The number of anilines is 1. The summed E-state index contributed by atoms with van der Waals surface area (Å²) in [5, 5.41) is 2.94. The van der Waals surface area contributed by atoms with Crippen molar-refractivity contribution in [3.05, 3.63) is 53.4 Å². The van der Waals surface area contributed by atoms with Crippen molar-refractivity contribution < 1.29 is 9.53 Å². The summed E-state index contributed by atoms with van der Waals surface area (Å²) in [5.74, 6) is 0.325. The van der Waals surface area contributed by atoms with E-state index in [2.05, 4.69) is 25.3 Å². The van der Waals surface area contributed by atoms with Gasteiger partial charge in [0.25, 0.3) is 5.91 Å². The Balaban J connectivity index is 1.71. The largest absolute Gasteiger partial charge is 0.481 e. The number of hydrogen-bond donors (Lipinski definition) is 2. The zero-order valence-electron chi connectivity index (χ0n) is 14.7. The van der Waals surface area contributed by atoms with E-state index in [-0.39, 0.29) is 5.91 Å². The van der Waals surface area contributed by atoms with Crippen LogP contribution >= 0.6 is 0 Å². The van der Waals surface area contributed by atoms with Gasteiger partial charge in [0.2, 0.25) is 5.88 Å². The van der Waals surface area contributed by atoms with Gasteiger partial charge >= 0.3 is 0 Å². The molecule has 1 aliphatic carbocycles. The SMILES string of the molecule is COc1cc(C)c(NC(=O)c2c[nH]c3c2-c2ncncc2CCC3)cn1. The van der Waals surface area contributed by atoms with Gasteiger partial charge < -0.3 is 15.0 Å². The molecule has 0 atom stereocenters. The highest BCUT2D eigenvalue weighted by molar-refractivity contribution is 6.09. The molecule has 1 amide bonds. The zero-order valence-corrected chi connectivity index (χ0v) is 14.7. The van der Waals surface area contributed by atoms with Crippen LogP contribution in [0.15, 0.2) is 31.0 Å². The van der Waals surface area contributed by atoms with Gasteiger partial charge in [-0.25, -0.2) is 15.0 Å². The molecule has 2 N–H and O–H groups in total. The number of nitrogens with zero attached hydrogens (tertiary/aromatic N) is 3. The first-order valence-electron chi connectivity index (χ1n) is 8.49. The summed E-state index contributed by atoms with van der Waals surface area (Å²) < 4.78 is 5.11. The highest BCUT2D eigenvalue weighted by Crippen LogP contribution is 2.33. The zero-order chi connectivity index (χ0) is 18.1. The van der Waals surface area contributed by atoms with Gasteiger partial charge in [-0.15, -0.1) is 0 Å². The number of carbonyl (C=O) groups is 1. The summed E-state index contributed by atoms with van der Waals surface area (Å²) in [6.45, 7) is 1.90. The van der Waals surface area contributed by atoms with E-state index in [1.54, 1.807) is 25.6 Å². The Bertz CT molecular complexity index is 980. The van der Waals surface area contributed by atoms with Gasteiger partial charge in [-0.3, -0.25) is 4.79 Å². The maximum Gasteiger partial charge on any atom is 0.257 e. The Labute approximate surface area is 150 Å². The minimum atomic E-state index is -0.191. The van der Waals surface area contributed by atoms with Gasteiger partial charge in [0, 0.05) is 29.7 Å². The first-order valence-corrected chi connectivity index (χ1v) is 8.49. The van der Waals surface area contributed by atoms with E-state index < -0.39 is 0 Å². The smallest absolute Gasteiger partial charge is 0.257 e. The van der Waals surface area contributed by atoms with Crippen molar-refractivity contribution in [1.29, 1.82) is 0 Å². The number of carbonyl (C=O) groups excluding carboxylic acids is 1. The summed E-state index contributed by atoms with van der Waals surface area (Å²) >= 11 is 0. The van der Waals surface area contributed by atoms with Crippen LogP contribution in [0, 0.1) is 6.92 Å². The van der Waals surface area contributed by atoms with Gasteiger partial charge in [-0.1, -0.05) is 0 Å². The lowest BCUT2D eigenvalue weighted by Crippen LogP contribution is -2.14. The minimum Gasteiger partial charge on any atom is -0.481 e. The number of methoxy groups -OCH3 is 1. The molecular formula is C19H19N5O2. The third kappa shape index (κ3) is 2.81. The van der Waals surface area contributed by atoms with Crippen molar-refractivity contribution in [3.8, 4) is 17.1 Å². The summed E-state index contributed by atoms with van der Waals surface area (Å²) in [6.07, 6.45) is 9.50. The van der Waals surface area contributed by atoms with Crippen molar-refractivity contribution in [1.82, 2.24) is 19.9 Å². The van der Waals surface area contributed by atoms with Crippen LogP contribution in [0.25, 0.3) is 11.3 Å². The molecule has 26 heavy (non-hydrogen) atoms. The molecule has 132 valence electrons. The number of pyridine rings is 1. The predicted molar refractivity (Wildman–Crippen MR) is 97.3 cm³/mol. The van der Waals surface area contributed by atoms with Crippen LogP contribution in [0.4, 0.5) is 5.69 Å². The average Bonchev–Trinajstić information content (AvgIpc) is 2.99. The first-order chi connectivity index (χ1) is 12.7.